The molecule has 0 radical (unpaired) electrons. The van der Waals surface area contributed by atoms with Crippen molar-refractivity contribution >= 4 is 53.3 Å². The number of urea groups is 1. The minimum atomic E-state index is -0.549. The average molecular weight is 473 g/mol. The van der Waals surface area contributed by atoms with Crippen LogP contribution in [0.15, 0.2) is 43.1 Å². The lowest BCUT2D eigenvalue weighted by Crippen LogP contribution is -2.34. The number of pyridine rings is 1. The van der Waals surface area contributed by atoms with Crippen LogP contribution < -0.4 is 14.9 Å². The maximum absolute atomic E-state index is 12.1. The van der Waals surface area contributed by atoms with Crippen LogP contribution in [0.3, 0.4) is 0 Å². The Labute approximate surface area is 195 Å². The summed E-state index contributed by atoms with van der Waals surface area (Å²) < 4.78 is 6.35. The van der Waals surface area contributed by atoms with Crippen LogP contribution in [0, 0.1) is 0 Å². The molecule has 0 aliphatic carbocycles. The summed E-state index contributed by atoms with van der Waals surface area (Å²) in [6, 6.07) is 6.76. The van der Waals surface area contributed by atoms with Gasteiger partial charge in [-0.2, -0.15) is 0 Å². The van der Waals surface area contributed by atoms with Gasteiger partial charge in [-0.1, -0.05) is 18.9 Å². The molecule has 3 aromatic heterocycles. The van der Waals surface area contributed by atoms with Gasteiger partial charge in [0.05, 0.1) is 17.6 Å². The number of nitrogens with one attached hydrogen (secondary N) is 2. The van der Waals surface area contributed by atoms with Crippen LogP contribution in [0.5, 0.6) is 0 Å². The first kappa shape index (κ1) is 23.5. The van der Waals surface area contributed by atoms with Crippen molar-refractivity contribution in [3.8, 4) is 10.6 Å². The fourth-order valence-electron chi connectivity index (χ4n) is 2.55. The van der Waals surface area contributed by atoms with Crippen LogP contribution in [-0.4, -0.2) is 39.2 Å². The second-order valence-corrected chi connectivity index (χ2v) is 9.24. The molecule has 3 rings (SSSR count). The fourth-order valence-corrected chi connectivity index (χ4v) is 3.63. The van der Waals surface area contributed by atoms with Gasteiger partial charge in [0, 0.05) is 11.4 Å². The quantitative estimate of drug-likeness (QED) is 0.364. The molecule has 0 saturated carbocycles. The molecule has 0 aliphatic heterocycles. The lowest BCUT2D eigenvalue weighted by Gasteiger charge is -2.19. The molecule has 0 spiro atoms. The molecule has 3 heterocycles. The fraction of sp³-hybridized carbons (Fsp3) is 0.286. The van der Waals surface area contributed by atoms with Crippen LogP contribution in [0.1, 0.15) is 25.6 Å². The number of hydrogen-bond donors (Lipinski definition) is 3. The van der Waals surface area contributed by atoms with E-state index in [4.69, 9.17) is 4.74 Å². The van der Waals surface area contributed by atoms with Gasteiger partial charge in [-0.3, -0.25) is 4.98 Å². The minimum Gasteiger partial charge on any atom is -0.444 e. The molecule has 0 aromatic carbocycles. The van der Waals surface area contributed by atoms with E-state index in [9.17, 15) is 9.59 Å². The standard InChI is InChI=1S/C21H24N6O3S2/c1-5-10-22-19(28)27(31)17-9-7-14-18(26-17)25-15(12-23-14)16-8-6-13(32-16)11-24-20(29)30-21(2,3)4/h5-9,12,31H,1,10-11H2,2-4H3,(H,22,28)(H,24,29). The summed E-state index contributed by atoms with van der Waals surface area (Å²) in [7, 11) is 0. The summed E-state index contributed by atoms with van der Waals surface area (Å²) >= 11 is 5.69. The van der Waals surface area contributed by atoms with Crippen molar-refractivity contribution < 1.29 is 14.3 Å². The summed E-state index contributed by atoms with van der Waals surface area (Å²) in [6.07, 6.45) is 2.77. The van der Waals surface area contributed by atoms with Crippen molar-refractivity contribution in [2.45, 2.75) is 32.9 Å². The van der Waals surface area contributed by atoms with Crippen LogP contribution in [0.4, 0.5) is 15.4 Å². The predicted octanol–water partition coefficient (Wildman–Crippen LogP) is 4.32. The molecule has 9 nitrogen and oxygen atoms in total. The van der Waals surface area contributed by atoms with E-state index in [1.165, 1.54) is 11.3 Å². The predicted molar refractivity (Wildman–Crippen MR) is 129 cm³/mol. The van der Waals surface area contributed by atoms with E-state index in [2.05, 4.69) is 45.0 Å². The number of thiol groups is 1. The number of carbonyl (C=O) groups is 2. The van der Waals surface area contributed by atoms with Crippen molar-refractivity contribution in [3.05, 3.63) is 48.0 Å². The Hall–Kier alpha value is -3.18. The highest BCUT2D eigenvalue weighted by Gasteiger charge is 2.17. The van der Waals surface area contributed by atoms with Crippen LogP contribution >= 0.6 is 24.2 Å². The third-order valence-electron chi connectivity index (χ3n) is 3.92. The molecular formula is C21H24N6O3S2. The molecule has 168 valence electrons. The molecular weight excluding hydrogens is 448 g/mol. The Morgan fingerprint density at radius 3 is 2.72 bits per heavy atom. The van der Waals surface area contributed by atoms with Crippen molar-refractivity contribution in [1.82, 2.24) is 25.6 Å². The van der Waals surface area contributed by atoms with Crippen molar-refractivity contribution in [2.24, 2.45) is 0 Å². The summed E-state index contributed by atoms with van der Waals surface area (Å²) in [5.74, 6) is 0.322. The Morgan fingerprint density at radius 2 is 2.00 bits per heavy atom. The minimum absolute atomic E-state index is 0.316. The zero-order chi connectivity index (χ0) is 23.3. The molecule has 0 bridgehead atoms. The summed E-state index contributed by atoms with van der Waals surface area (Å²) in [5, 5.41) is 5.37. The van der Waals surface area contributed by atoms with Gasteiger partial charge in [-0.15, -0.1) is 17.9 Å². The Kier molecular flexibility index (Phi) is 7.31. The van der Waals surface area contributed by atoms with E-state index in [0.717, 1.165) is 14.1 Å². The topological polar surface area (TPSA) is 109 Å². The van der Waals surface area contributed by atoms with E-state index in [1.807, 2.05) is 32.9 Å². The van der Waals surface area contributed by atoms with Gasteiger partial charge in [-0.25, -0.2) is 23.9 Å². The van der Waals surface area contributed by atoms with E-state index in [0.29, 0.717) is 35.8 Å². The zero-order valence-electron chi connectivity index (χ0n) is 18.0. The average Bonchev–Trinajstić information content (AvgIpc) is 3.22. The van der Waals surface area contributed by atoms with Crippen molar-refractivity contribution in [2.75, 3.05) is 10.8 Å². The van der Waals surface area contributed by atoms with Crippen LogP contribution in [0.25, 0.3) is 21.7 Å². The Balaban J connectivity index is 1.74. The van der Waals surface area contributed by atoms with Gasteiger partial charge in [0.1, 0.15) is 22.6 Å². The number of fused-ring (bicyclic) bond motifs is 1. The van der Waals surface area contributed by atoms with Gasteiger partial charge in [0.15, 0.2) is 5.65 Å². The number of carbonyl (C=O) groups excluding carboxylic acids is 2. The molecule has 2 N–H and O–H groups in total. The number of anilines is 1. The number of nitrogens with zero attached hydrogens (tertiary/aromatic N) is 4. The highest BCUT2D eigenvalue weighted by Crippen LogP contribution is 2.28. The highest BCUT2D eigenvalue weighted by molar-refractivity contribution is 7.82. The normalized spacial score (nSPS) is 11.1. The number of alkyl carbamates (subject to hydrolysis) is 1. The third kappa shape index (κ3) is 6.17. The number of amides is 3. The molecule has 0 atom stereocenters. The molecule has 0 fully saturated rings. The van der Waals surface area contributed by atoms with Crippen molar-refractivity contribution in [1.29, 1.82) is 0 Å². The van der Waals surface area contributed by atoms with E-state index >= 15 is 0 Å². The van der Waals surface area contributed by atoms with Gasteiger partial charge < -0.3 is 15.4 Å². The maximum atomic E-state index is 12.1. The zero-order valence-corrected chi connectivity index (χ0v) is 19.7. The van der Waals surface area contributed by atoms with E-state index < -0.39 is 17.7 Å². The summed E-state index contributed by atoms with van der Waals surface area (Å²) in [4.78, 5) is 39.2. The van der Waals surface area contributed by atoms with Gasteiger partial charge in [0.25, 0.3) is 0 Å². The summed E-state index contributed by atoms with van der Waals surface area (Å²) in [5.41, 5.74) is 1.07. The molecule has 0 unspecified atom stereocenters. The highest BCUT2D eigenvalue weighted by atomic mass is 32.1. The first-order valence-electron chi connectivity index (χ1n) is 9.74. The van der Waals surface area contributed by atoms with E-state index in [1.54, 1.807) is 24.4 Å². The summed E-state index contributed by atoms with van der Waals surface area (Å²) in [6.45, 7) is 9.66. The second-order valence-electron chi connectivity index (χ2n) is 7.68. The number of hydrogen-bond acceptors (Lipinski definition) is 8. The Bertz CT molecular complexity index is 1140. The molecule has 0 aliphatic rings. The number of thiophene rings is 1. The lowest BCUT2D eigenvalue weighted by atomic mass is 10.2. The van der Waals surface area contributed by atoms with Crippen molar-refractivity contribution in [3.63, 3.8) is 0 Å². The molecule has 11 heteroatoms. The largest absolute Gasteiger partial charge is 0.444 e. The van der Waals surface area contributed by atoms with Crippen LogP contribution in [-0.2, 0) is 11.3 Å². The number of ether oxygens (including phenoxy) is 1. The third-order valence-corrected chi connectivity index (χ3v) is 5.41. The van der Waals surface area contributed by atoms with E-state index in [-0.39, 0.29) is 0 Å². The molecule has 32 heavy (non-hydrogen) atoms. The van der Waals surface area contributed by atoms with Crippen LogP contribution in [0.2, 0.25) is 0 Å². The van der Waals surface area contributed by atoms with Gasteiger partial charge in [-0.05, 0) is 45.0 Å². The van der Waals surface area contributed by atoms with Gasteiger partial charge >= 0.3 is 12.1 Å². The first-order chi connectivity index (χ1) is 15.2. The smallest absolute Gasteiger partial charge is 0.407 e. The first-order valence-corrected chi connectivity index (χ1v) is 11.0. The van der Waals surface area contributed by atoms with Gasteiger partial charge in [0.2, 0.25) is 0 Å². The molecule has 3 aromatic rings. The lowest BCUT2D eigenvalue weighted by molar-refractivity contribution is 0.0524. The maximum Gasteiger partial charge on any atom is 0.407 e. The monoisotopic (exact) mass is 472 g/mol. The Morgan fingerprint density at radius 1 is 1.22 bits per heavy atom. The molecule has 3 amide bonds. The molecule has 0 saturated heterocycles. The SMILES string of the molecule is C=CCNC(=O)N(S)c1ccc2ncc(-c3ccc(CNC(=O)OC(C)(C)C)s3)nc2n1. The number of rotatable bonds is 6. The number of aromatic nitrogens is 3. The second kappa shape index (κ2) is 9.96.